The van der Waals surface area contributed by atoms with Crippen LogP contribution in [0.3, 0.4) is 0 Å². The van der Waals surface area contributed by atoms with Crippen LogP contribution in [0.4, 0.5) is 0 Å². The lowest BCUT2D eigenvalue weighted by Gasteiger charge is -2.21. The summed E-state index contributed by atoms with van der Waals surface area (Å²) in [5.74, 6) is 1.70. The van der Waals surface area contributed by atoms with E-state index in [0.717, 1.165) is 30.7 Å². The molecule has 0 amide bonds. The molecule has 4 heteroatoms. The standard InChI is InChI=1S/C18H30N4/c1-2-19-18(22-15-17-12-8-9-13-20-17)21-14-16-10-6-4-3-5-7-11-16/h8-9,12-13,16H,2-7,10-11,14-15H2,1H3,(H2,19,21,22). The summed E-state index contributed by atoms with van der Waals surface area (Å²) in [6.07, 6.45) is 11.5. The van der Waals surface area contributed by atoms with Crippen molar-refractivity contribution < 1.29 is 0 Å². The zero-order valence-corrected chi connectivity index (χ0v) is 13.9. The highest BCUT2D eigenvalue weighted by Crippen LogP contribution is 2.21. The normalized spacial score (nSPS) is 17.6. The molecule has 0 saturated heterocycles. The van der Waals surface area contributed by atoms with Gasteiger partial charge in [-0.05, 0) is 37.8 Å². The maximum atomic E-state index is 4.64. The molecular formula is C18H30N4. The fourth-order valence-electron chi connectivity index (χ4n) is 2.98. The van der Waals surface area contributed by atoms with Gasteiger partial charge in [0.25, 0.3) is 0 Å². The van der Waals surface area contributed by atoms with E-state index in [0.29, 0.717) is 6.54 Å². The van der Waals surface area contributed by atoms with Gasteiger partial charge < -0.3 is 10.6 Å². The lowest BCUT2D eigenvalue weighted by atomic mass is 9.91. The molecule has 0 atom stereocenters. The topological polar surface area (TPSA) is 49.3 Å². The Balaban J connectivity index is 1.82. The Bertz CT molecular complexity index is 422. The highest BCUT2D eigenvalue weighted by Gasteiger charge is 2.11. The first-order valence-corrected chi connectivity index (χ1v) is 8.80. The van der Waals surface area contributed by atoms with Gasteiger partial charge in [-0.3, -0.25) is 4.98 Å². The van der Waals surface area contributed by atoms with Crippen molar-refractivity contribution in [3.05, 3.63) is 30.1 Å². The predicted molar refractivity (Wildman–Crippen MR) is 92.9 cm³/mol. The number of aliphatic imine (C=N–C) groups is 1. The fraction of sp³-hybridized carbons (Fsp3) is 0.667. The summed E-state index contributed by atoms with van der Waals surface area (Å²) in [6.45, 7) is 4.65. The number of nitrogens with zero attached hydrogens (tertiary/aromatic N) is 2. The minimum Gasteiger partial charge on any atom is -0.357 e. The van der Waals surface area contributed by atoms with Crippen LogP contribution >= 0.6 is 0 Å². The molecule has 1 aliphatic carbocycles. The van der Waals surface area contributed by atoms with Gasteiger partial charge in [0, 0.05) is 19.3 Å². The van der Waals surface area contributed by atoms with Crippen molar-refractivity contribution in [3.8, 4) is 0 Å². The Labute approximate surface area is 134 Å². The van der Waals surface area contributed by atoms with Crippen LogP contribution < -0.4 is 10.6 Å². The van der Waals surface area contributed by atoms with Crippen LogP contribution in [-0.4, -0.2) is 24.0 Å². The number of rotatable bonds is 5. The maximum absolute atomic E-state index is 4.64. The van der Waals surface area contributed by atoms with E-state index in [4.69, 9.17) is 0 Å². The van der Waals surface area contributed by atoms with Crippen molar-refractivity contribution in [3.63, 3.8) is 0 Å². The zero-order chi connectivity index (χ0) is 15.5. The molecular weight excluding hydrogens is 272 g/mol. The molecule has 0 bridgehead atoms. The Morgan fingerprint density at radius 2 is 1.91 bits per heavy atom. The first-order chi connectivity index (χ1) is 10.9. The molecule has 1 heterocycles. The first kappa shape index (κ1) is 16.8. The molecule has 1 saturated carbocycles. The molecule has 1 aromatic heterocycles. The maximum Gasteiger partial charge on any atom is 0.191 e. The molecule has 0 spiro atoms. The van der Waals surface area contributed by atoms with Crippen LogP contribution in [0.2, 0.25) is 0 Å². The SMILES string of the molecule is CCNC(=NCc1ccccn1)NCC1CCCCCCC1. The molecule has 0 unspecified atom stereocenters. The van der Waals surface area contributed by atoms with E-state index in [1.807, 2.05) is 24.4 Å². The van der Waals surface area contributed by atoms with Crippen LogP contribution in [0.5, 0.6) is 0 Å². The molecule has 0 radical (unpaired) electrons. The van der Waals surface area contributed by atoms with Crippen molar-refractivity contribution in [1.29, 1.82) is 0 Å². The van der Waals surface area contributed by atoms with Crippen molar-refractivity contribution in [2.75, 3.05) is 13.1 Å². The Kier molecular flexibility index (Phi) is 7.78. The average molecular weight is 302 g/mol. The van der Waals surface area contributed by atoms with E-state index in [9.17, 15) is 0 Å². The molecule has 22 heavy (non-hydrogen) atoms. The molecule has 1 aliphatic rings. The summed E-state index contributed by atoms with van der Waals surface area (Å²) in [5.41, 5.74) is 1.01. The highest BCUT2D eigenvalue weighted by atomic mass is 15.2. The second-order valence-electron chi connectivity index (χ2n) is 6.11. The Morgan fingerprint density at radius 1 is 1.14 bits per heavy atom. The number of pyridine rings is 1. The summed E-state index contributed by atoms with van der Waals surface area (Å²) in [4.78, 5) is 8.96. The number of nitrogens with one attached hydrogen (secondary N) is 2. The van der Waals surface area contributed by atoms with Crippen LogP contribution in [-0.2, 0) is 6.54 Å². The molecule has 1 fully saturated rings. The van der Waals surface area contributed by atoms with Crippen molar-refractivity contribution in [2.45, 2.75) is 58.4 Å². The summed E-state index contributed by atoms with van der Waals surface area (Å²) in [6, 6.07) is 5.96. The van der Waals surface area contributed by atoms with Gasteiger partial charge in [0.1, 0.15) is 0 Å². The monoisotopic (exact) mass is 302 g/mol. The van der Waals surface area contributed by atoms with Crippen molar-refractivity contribution in [2.24, 2.45) is 10.9 Å². The van der Waals surface area contributed by atoms with Crippen molar-refractivity contribution in [1.82, 2.24) is 15.6 Å². The van der Waals surface area contributed by atoms with E-state index in [1.54, 1.807) is 0 Å². The van der Waals surface area contributed by atoms with Gasteiger partial charge >= 0.3 is 0 Å². The second-order valence-corrected chi connectivity index (χ2v) is 6.11. The van der Waals surface area contributed by atoms with E-state index in [2.05, 4.69) is 27.5 Å². The van der Waals surface area contributed by atoms with Gasteiger partial charge in [0.2, 0.25) is 0 Å². The average Bonchev–Trinajstić information content (AvgIpc) is 2.52. The Morgan fingerprint density at radius 3 is 2.59 bits per heavy atom. The Hall–Kier alpha value is -1.58. The van der Waals surface area contributed by atoms with Gasteiger partial charge in [-0.2, -0.15) is 0 Å². The van der Waals surface area contributed by atoms with Gasteiger partial charge in [0.05, 0.1) is 12.2 Å². The van der Waals surface area contributed by atoms with Gasteiger partial charge in [-0.25, -0.2) is 4.99 Å². The molecule has 1 aromatic rings. The zero-order valence-electron chi connectivity index (χ0n) is 13.9. The highest BCUT2D eigenvalue weighted by molar-refractivity contribution is 5.79. The van der Waals surface area contributed by atoms with E-state index >= 15 is 0 Å². The number of aromatic nitrogens is 1. The van der Waals surface area contributed by atoms with Crippen molar-refractivity contribution >= 4 is 5.96 Å². The van der Waals surface area contributed by atoms with Crippen LogP contribution in [0, 0.1) is 5.92 Å². The minimum atomic E-state index is 0.626. The van der Waals surface area contributed by atoms with Gasteiger partial charge in [-0.15, -0.1) is 0 Å². The van der Waals surface area contributed by atoms with E-state index in [1.165, 1.54) is 44.9 Å². The third-order valence-electron chi connectivity index (χ3n) is 4.25. The van der Waals surface area contributed by atoms with E-state index < -0.39 is 0 Å². The van der Waals surface area contributed by atoms with Crippen LogP contribution in [0.25, 0.3) is 0 Å². The second kappa shape index (κ2) is 10.2. The summed E-state index contributed by atoms with van der Waals surface area (Å²) in [5, 5.41) is 6.85. The summed E-state index contributed by atoms with van der Waals surface area (Å²) >= 11 is 0. The molecule has 4 nitrogen and oxygen atoms in total. The lowest BCUT2D eigenvalue weighted by Crippen LogP contribution is -2.40. The quantitative estimate of drug-likeness (QED) is 0.646. The number of hydrogen-bond acceptors (Lipinski definition) is 2. The summed E-state index contributed by atoms with van der Waals surface area (Å²) in [7, 11) is 0. The minimum absolute atomic E-state index is 0.626. The van der Waals surface area contributed by atoms with E-state index in [-0.39, 0.29) is 0 Å². The van der Waals surface area contributed by atoms with Gasteiger partial charge in [-0.1, -0.05) is 38.2 Å². The molecule has 122 valence electrons. The third kappa shape index (κ3) is 6.46. The third-order valence-corrected chi connectivity index (χ3v) is 4.25. The first-order valence-electron chi connectivity index (χ1n) is 8.80. The largest absolute Gasteiger partial charge is 0.357 e. The fourth-order valence-corrected chi connectivity index (χ4v) is 2.98. The number of hydrogen-bond donors (Lipinski definition) is 2. The predicted octanol–water partition coefficient (Wildman–Crippen LogP) is 3.50. The van der Waals surface area contributed by atoms with Gasteiger partial charge in [0.15, 0.2) is 5.96 Å². The summed E-state index contributed by atoms with van der Waals surface area (Å²) < 4.78 is 0. The molecule has 0 aromatic carbocycles. The molecule has 0 aliphatic heterocycles. The van der Waals surface area contributed by atoms with Crippen LogP contribution in [0.15, 0.2) is 29.4 Å². The smallest absolute Gasteiger partial charge is 0.191 e. The lowest BCUT2D eigenvalue weighted by molar-refractivity contribution is 0.375. The molecule has 2 rings (SSSR count). The van der Waals surface area contributed by atoms with Crippen LogP contribution in [0.1, 0.15) is 57.6 Å². The number of guanidine groups is 1. The molecule has 2 N–H and O–H groups in total.